The number of benzene rings is 3. The maximum Gasteiger partial charge on any atom is 0.253 e. The van der Waals surface area contributed by atoms with Gasteiger partial charge in [0.25, 0.3) is 5.91 Å². The molecule has 0 saturated carbocycles. The molecule has 1 aliphatic heterocycles. The number of piperidine rings is 1. The lowest BCUT2D eigenvalue weighted by molar-refractivity contribution is 0.0773. The lowest BCUT2D eigenvalue weighted by atomic mass is 9.91. The number of hydrogen-bond donors (Lipinski definition) is 0. The molecule has 1 fully saturated rings. The number of carbonyl (C=O) groups is 1. The lowest BCUT2D eigenvalue weighted by Crippen LogP contribution is -2.48. The first kappa shape index (κ1) is 27.5. The van der Waals surface area contributed by atoms with Gasteiger partial charge in [0.15, 0.2) is 0 Å². The molecule has 0 aromatic heterocycles. The summed E-state index contributed by atoms with van der Waals surface area (Å²) in [4.78, 5) is 19.7. The van der Waals surface area contributed by atoms with Gasteiger partial charge < -0.3 is 14.5 Å². The number of carbonyl (C=O) groups excluding carboxylic acids is 1. The molecule has 0 unspecified atom stereocenters. The Labute approximate surface area is 228 Å². The Kier molecular flexibility index (Phi) is 9.61. The topological polar surface area (TPSA) is 36.0 Å². The Morgan fingerprint density at radius 3 is 2.37 bits per heavy atom. The maximum absolute atomic E-state index is 12.9. The van der Waals surface area contributed by atoms with Crippen molar-refractivity contribution in [2.75, 3.05) is 44.7 Å². The fourth-order valence-corrected chi connectivity index (χ4v) is 5.42. The molecule has 38 heavy (non-hydrogen) atoms. The van der Waals surface area contributed by atoms with E-state index >= 15 is 0 Å². The number of ether oxygens (including phenoxy) is 1. The summed E-state index contributed by atoms with van der Waals surface area (Å²) in [6, 6.07) is 27.2. The highest BCUT2D eigenvalue weighted by molar-refractivity contribution is 5.94. The van der Waals surface area contributed by atoms with Crippen molar-refractivity contribution in [2.45, 2.75) is 33.2 Å². The lowest BCUT2D eigenvalue weighted by Gasteiger charge is -2.43. The minimum atomic E-state index is 0.0831. The number of rotatable bonds is 10. The van der Waals surface area contributed by atoms with Crippen LogP contribution in [0, 0.1) is 5.92 Å². The Bertz CT molecular complexity index is 1190. The largest absolute Gasteiger partial charge is 0.497 e. The molecule has 3 aromatic rings. The van der Waals surface area contributed by atoms with Crippen molar-refractivity contribution >= 4 is 23.4 Å². The molecule has 0 radical (unpaired) electrons. The number of anilines is 2. The van der Waals surface area contributed by atoms with E-state index in [1.807, 2.05) is 49.1 Å². The summed E-state index contributed by atoms with van der Waals surface area (Å²) >= 11 is 0. The molecule has 0 N–H and O–H groups in total. The van der Waals surface area contributed by atoms with Gasteiger partial charge in [-0.3, -0.25) is 9.69 Å². The molecule has 4 rings (SSSR count). The summed E-state index contributed by atoms with van der Waals surface area (Å²) < 4.78 is 5.56. The molecule has 1 aliphatic rings. The normalized spacial score (nSPS) is 17.9. The van der Waals surface area contributed by atoms with Crippen molar-refractivity contribution in [1.29, 1.82) is 0 Å². The van der Waals surface area contributed by atoms with E-state index in [1.165, 1.54) is 5.56 Å². The van der Waals surface area contributed by atoms with Crippen molar-refractivity contribution in [3.63, 3.8) is 0 Å². The second-order valence-corrected chi connectivity index (χ2v) is 10.0. The van der Waals surface area contributed by atoms with Crippen molar-refractivity contribution in [1.82, 2.24) is 9.80 Å². The Morgan fingerprint density at radius 1 is 0.974 bits per heavy atom. The minimum absolute atomic E-state index is 0.0831. The van der Waals surface area contributed by atoms with Crippen LogP contribution >= 0.6 is 0 Å². The van der Waals surface area contributed by atoms with Crippen LogP contribution in [0.5, 0.6) is 5.75 Å². The van der Waals surface area contributed by atoms with Crippen LogP contribution < -0.4 is 9.64 Å². The van der Waals surface area contributed by atoms with E-state index in [0.717, 1.165) is 48.7 Å². The summed E-state index contributed by atoms with van der Waals surface area (Å²) in [5.41, 5.74) is 4.18. The summed E-state index contributed by atoms with van der Waals surface area (Å²) in [7, 11) is 1.71. The Morgan fingerprint density at radius 2 is 1.71 bits per heavy atom. The van der Waals surface area contributed by atoms with Gasteiger partial charge in [0.1, 0.15) is 5.75 Å². The summed E-state index contributed by atoms with van der Waals surface area (Å²) in [5, 5.41) is 0. The van der Waals surface area contributed by atoms with Gasteiger partial charge in [-0.05, 0) is 68.1 Å². The van der Waals surface area contributed by atoms with Gasteiger partial charge in [-0.2, -0.15) is 0 Å². The average molecular weight is 512 g/mol. The predicted molar refractivity (Wildman–Crippen MR) is 158 cm³/mol. The van der Waals surface area contributed by atoms with E-state index in [1.54, 1.807) is 7.11 Å². The smallest absolute Gasteiger partial charge is 0.253 e. The average Bonchev–Trinajstić information content (AvgIpc) is 2.96. The van der Waals surface area contributed by atoms with Crippen molar-refractivity contribution in [3.8, 4) is 5.75 Å². The van der Waals surface area contributed by atoms with E-state index in [9.17, 15) is 4.79 Å². The molecule has 1 heterocycles. The molecular formula is C33H41N3O2. The SMILES string of the molecule is CCN(CC)C(=O)c1ccc(N(c2cccc(OC)c2)[C@H]2CCN(C/C=C/c3ccccc3)C[C@H]2C)cc1. The molecule has 0 spiro atoms. The fraction of sp³-hybridized carbons (Fsp3) is 0.364. The molecular weight excluding hydrogens is 470 g/mol. The summed E-state index contributed by atoms with van der Waals surface area (Å²) in [6.07, 6.45) is 5.53. The van der Waals surface area contributed by atoms with E-state index in [0.29, 0.717) is 25.0 Å². The quantitative estimate of drug-likeness (QED) is 0.302. The third-order valence-electron chi connectivity index (χ3n) is 7.52. The zero-order valence-electron chi connectivity index (χ0n) is 23.2. The van der Waals surface area contributed by atoms with E-state index in [-0.39, 0.29) is 5.91 Å². The van der Waals surface area contributed by atoms with Crippen molar-refractivity contribution in [3.05, 3.63) is 96.1 Å². The van der Waals surface area contributed by atoms with Gasteiger partial charge >= 0.3 is 0 Å². The standard InChI is InChI=1S/C33H41N3O2/c1-5-35(6-2)33(37)28-17-19-29(20-18-28)36(30-15-10-16-31(24-30)38-4)32-21-23-34(25-26(32)3)22-11-14-27-12-8-7-9-13-27/h7-20,24,26,32H,5-6,21-23,25H2,1-4H3/b14-11+/t26-,32+/m1/s1. The fourth-order valence-electron chi connectivity index (χ4n) is 5.42. The van der Waals surface area contributed by atoms with Crippen LogP contribution in [-0.2, 0) is 0 Å². The molecule has 200 valence electrons. The molecule has 2 atom stereocenters. The molecule has 0 aliphatic carbocycles. The third-order valence-corrected chi connectivity index (χ3v) is 7.52. The first-order chi connectivity index (χ1) is 18.5. The zero-order valence-corrected chi connectivity index (χ0v) is 23.2. The molecule has 5 nitrogen and oxygen atoms in total. The van der Waals surface area contributed by atoms with Gasteiger partial charge in [-0.1, -0.05) is 55.5 Å². The number of nitrogens with zero attached hydrogens (tertiary/aromatic N) is 3. The zero-order chi connectivity index (χ0) is 26.9. The second-order valence-electron chi connectivity index (χ2n) is 10.0. The highest BCUT2D eigenvalue weighted by Gasteiger charge is 2.32. The second kappa shape index (κ2) is 13.3. The summed E-state index contributed by atoms with van der Waals surface area (Å²) in [6.45, 7) is 10.8. The van der Waals surface area contributed by atoms with Crippen LogP contribution in [0.2, 0.25) is 0 Å². The first-order valence-corrected chi connectivity index (χ1v) is 13.8. The number of likely N-dealkylation sites (tertiary alicyclic amines) is 1. The van der Waals surface area contributed by atoms with Crippen molar-refractivity contribution in [2.24, 2.45) is 5.92 Å². The maximum atomic E-state index is 12.9. The summed E-state index contributed by atoms with van der Waals surface area (Å²) in [5.74, 6) is 1.38. The Hall–Kier alpha value is -3.57. The van der Waals surface area contributed by atoms with Crippen LogP contribution in [0.3, 0.4) is 0 Å². The van der Waals surface area contributed by atoms with E-state index in [2.05, 4.69) is 77.4 Å². The monoisotopic (exact) mass is 511 g/mol. The minimum Gasteiger partial charge on any atom is -0.497 e. The van der Waals surface area contributed by atoms with E-state index in [4.69, 9.17) is 4.74 Å². The molecule has 1 amide bonds. The molecule has 0 bridgehead atoms. The number of amides is 1. The van der Waals surface area contributed by atoms with Crippen LogP contribution in [0.25, 0.3) is 6.08 Å². The molecule has 5 heteroatoms. The van der Waals surface area contributed by atoms with Crippen LogP contribution in [0.4, 0.5) is 11.4 Å². The van der Waals surface area contributed by atoms with Gasteiger partial charge in [-0.25, -0.2) is 0 Å². The first-order valence-electron chi connectivity index (χ1n) is 13.8. The Balaban J connectivity index is 1.54. The number of methoxy groups -OCH3 is 1. The van der Waals surface area contributed by atoms with E-state index < -0.39 is 0 Å². The highest BCUT2D eigenvalue weighted by Crippen LogP contribution is 2.36. The van der Waals surface area contributed by atoms with Gasteiger partial charge in [-0.15, -0.1) is 0 Å². The van der Waals surface area contributed by atoms with Crippen LogP contribution in [0.15, 0.2) is 84.9 Å². The van der Waals surface area contributed by atoms with Gasteiger partial charge in [0.2, 0.25) is 0 Å². The molecule has 1 saturated heterocycles. The van der Waals surface area contributed by atoms with Gasteiger partial charge in [0, 0.05) is 61.8 Å². The van der Waals surface area contributed by atoms with Gasteiger partial charge in [0.05, 0.1) is 7.11 Å². The third kappa shape index (κ3) is 6.65. The predicted octanol–water partition coefficient (Wildman–Crippen LogP) is 6.74. The van der Waals surface area contributed by atoms with Crippen LogP contribution in [-0.4, -0.2) is 61.6 Å². The number of hydrogen-bond acceptors (Lipinski definition) is 4. The van der Waals surface area contributed by atoms with Crippen molar-refractivity contribution < 1.29 is 9.53 Å². The highest BCUT2D eigenvalue weighted by atomic mass is 16.5. The van der Waals surface area contributed by atoms with Crippen LogP contribution in [0.1, 0.15) is 43.1 Å². The molecule has 3 aromatic carbocycles.